The van der Waals surface area contributed by atoms with Crippen molar-refractivity contribution in [3.63, 3.8) is 0 Å². The zero-order valence-electron chi connectivity index (χ0n) is 12.2. The average molecular weight is 276 g/mol. The molecule has 0 saturated carbocycles. The molecule has 1 amide bonds. The summed E-state index contributed by atoms with van der Waals surface area (Å²) in [6.07, 6.45) is 2.95. The standard InChI is InChI=1S/C16H24N2O2/c1-20-12-15-7-3-2-6-14(15)11-18-16(19)9-13-5-4-8-17-10-13/h2-3,6-7,13,17H,4-5,8-12H2,1H3,(H,18,19). The van der Waals surface area contributed by atoms with Crippen LogP contribution in [0.3, 0.4) is 0 Å². The van der Waals surface area contributed by atoms with Gasteiger partial charge in [0.15, 0.2) is 0 Å². The first-order valence-electron chi connectivity index (χ1n) is 7.32. The second-order valence-electron chi connectivity index (χ2n) is 5.39. The number of nitrogens with one attached hydrogen (secondary N) is 2. The van der Waals surface area contributed by atoms with E-state index in [0.29, 0.717) is 25.5 Å². The molecule has 1 saturated heterocycles. The molecule has 1 aliphatic heterocycles. The number of ether oxygens (including phenoxy) is 1. The Morgan fingerprint density at radius 3 is 2.90 bits per heavy atom. The summed E-state index contributed by atoms with van der Waals surface area (Å²) in [5.41, 5.74) is 2.26. The molecule has 0 spiro atoms. The minimum Gasteiger partial charge on any atom is -0.380 e. The Labute approximate surface area is 120 Å². The fraction of sp³-hybridized carbons (Fsp3) is 0.562. The summed E-state index contributed by atoms with van der Waals surface area (Å²) in [7, 11) is 1.69. The number of piperidine rings is 1. The highest BCUT2D eigenvalue weighted by atomic mass is 16.5. The number of carbonyl (C=O) groups is 1. The van der Waals surface area contributed by atoms with Crippen molar-refractivity contribution < 1.29 is 9.53 Å². The monoisotopic (exact) mass is 276 g/mol. The Morgan fingerprint density at radius 1 is 1.40 bits per heavy atom. The molecule has 0 aliphatic carbocycles. The molecule has 0 bridgehead atoms. The van der Waals surface area contributed by atoms with Crippen molar-refractivity contribution in [1.82, 2.24) is 10.6 Å². The molecule has 1 aromatic carbocycles. The molecule has 1 aliphatic rings. The van der Waals surface area contributed by atoms with E-state index in [4.69, 9.17) is 4.74 Å². The Hall–Kier alpha value is -1.39. The van der Waals surface area contributed by atoms with Gasteiger partial charge in [-0.25, -0.2) is 0 Å². The van der Waals surface area contributed by atoms with Gasteiger partial charge < -0.3 is 15.4 Å². The molecule has 0 radical (unpaired) electrons. The van der Waals surface area contributed by atoms with Crippen molar-refractivity contribution in [2.75, 3.05) is 20.2 Å². The third-order valence-electron chi connectivity index (χ3n) is 3.77. The summed E-state index contributed by atoms with van der Waals surface area (Å²) in [6.45, 7) is 3.22. The first-order chi connectivity index (χ1) is 9.79. The predicted octanol–water partition coefficient (Wildman–Crippen LogP) is 1.84. The number of hydrogen-bond acceptors (Lipinski definition) is 3. The molecule has 4 nitrogen and oxygen atoms in total. The maximum atomic E-state index is 12.0. The van der Waals surface area contributed by atoms with Gasteiger partial charge >= 0.3 is 0 Å². The quantitative estimate of drug-likeness (QED) is 0.833. The molecule has 2 rings (SSSR count). The number of carbonyl (C=O) groups excluding carboxylic acids is 1. The van der Waals surface area contributed by atoms with Crippen LogP contribution in [0.15, 0.2) is 24.3 Å². The van der Waals surface area contributed by atoms with E-state index >= 15 is 0 Å². The van der Waals surface area contributed by atoms with Crippen LogP contribution in [0, 0.1) is 5.92 Å². The fourth-order valence-corrected chi connectivity index (χ4v) is 2.65. The molecule has 110 valence electrons. The van der Waals surface area contributed by atoms with Crippen LogP contribution in [0.1, 0.15) is 30.4 Å². The molecular weight excluding hydrogens is 252 g/mol. The Balaban J connectivity index is 1.80. The zero-order chi connectivity index (χ0) is 14.2. The second kappa shape index (κ2) is 8.02. The lowest BCUT2D eigenvalue weighted by Crippen LogP contribution is -2.34. The topological polar surface area (TPSA) is 50.4 Å². The molecule has 1 heterocycles. The predicted molar refractivity (Wildman–Crippen MR) is 79.2 cm³/mol. The first-order valence-corrected chi connectivity index (χ1v) is 7.32. The van der Waals surface area contributed by atoms with Crippen molar-refractivity contribution >= 4 is 5.91 Å². The summed E-state index contributed by atoms with van der Waals surface area (Å²) in [5, 5.41) is 6.37. The lowest BCUT2D eigenvalue weighted by Gasteiger charge is -2.22. The maximum absolute atomic E-state index is 12.0. The van der Waals surface area contributed by atoms with Gasteiger partial charge in [-0.3, -0.25) is 4.79 Å². The molecule has 20 heavy (non-hydrogen) atoms. The molecular formula is C16H24N2O2. The number of methoxy groups -OCH3 is 1. The van der Waals surface area contributed by atoms with Gasteiger partial charge in [0, 0.05) is 20.1 Å². The zero-order valence-corrected chi connectivity index (χ0v) is 12.2. The van der Waals surface area contributed by atoms with E-state index in [2.05, 4.69) is 10.6 Å². The molecule has 1 unspecified atom stereocenters. The van der Waals surface area contributed by atoms with Gasteiger partial charge in [-0.05, 0) is 43.0 Å². The van der Waals surface area contributed by atoms with Crippen molar-refractivity contribution in [1.29, 1.82) is 0 Å². The third kappa shape index (κ3) is 4.62. The van der Waals surface area contributed by atoms with Crippen molar-refractivity contribution in [2.24, 2.45) is 5.92 Å². The van der Waals surface area contributed by atoms with E-state index in [1.54, 1.807) is 7.11 Å². The molecule has 1 fully saturated rings. The first kappa shape index (κ1) is 15.0. The highest BCUT2D eigenvalue weighted by Gasteiger charge is 2.16. The smallest absolute Gasteiger partial charge is 0.220 e. The average Bonchev–Trinajstić information content (AvgIpc) is 2.48. The second-order valence-corrected chi connectivity index (χ2v) is 5.39. The Bertz CT molecular complexity index is 428. The number of rotatable bonds is 6. The summed E-state index contributed by atoms with van der Waals surface area (Å²) in [4.78, 5) is 12.0. The highest BCUT2D eigenvalue weighted by molar-refractivity contribution is 5.76. The van der Waals surface area contributed by atoms with Crippen molar-refractivity contribution in [3.05, 3.63) is 35.4 Å². The van der Waals surface area contributed by atoms with Gasteiger partial charge in [0.1, 0.15) is 0 Å². The SMILES string of the molecule is COCc1ccccc1CNC(=O)CC1CCCNC1. The largest absolute Gasteiger partial charge is 0.380 e. The minimum atomic E-state index is 0.144. The van der Waals surface area contributed by atoms with E-state index < -0.39 is 0 Å². The molecule has 2 N–H and O–H groups in total. The molecule has 1 atom stereocenters. The Morgan fingerprint density at radius 2 is 2.20 bits per heavy atom. The van der Waals surface area contributed by atoms with E-state index in [0.717, 1.165) is 30.6 Å². The van der Waals surface area contributed by atoms with Crippen LogP contribution in [0.25, 0.3) is 0 Å². The number of amides is 1. The van der Waals surface area contributed by atoms with E-state index in [1.165, 1.54) is 6.42 Å². The summed E-state index contributed by atoms with van der Waals surface area (Å²) >= 11 is 0. The summed E-state index contributed by atoms with van der Waals surface area (Å²) < 4.78 is 5.18. The van der Waals surface area contributed by atoms with Crippen LogP contribution in [0.2, 0.25) is 0 Å². The van der Waals surface area contributed by atoms with Crippen LogP contribution in [-0.2, 0) is 22.7 Å². The van der Waals surface area contributed by atoms with E-state index in [-0.39, 0.29) is 5.91 Å². The van der Waals surface area contributed by atoms with E-state index in [1.807, 2.05) is 24.3 Å². The normalized spacial score (nSPS) is 18.8. The van der Waals surface area contributed by atoms with Gasteiger partial charge in [0.05, 0.1) is 6.61 Å². The lowest BCUT2D eigenvalue weighted by atomic mass is 9.96. The summed E-state index contributed by atoms with van der Waals surface area (Å²) in [5.74, 6) is 0.629. The van der Waals surface area contributed by atoms with Crippen LogP contribution in [0.4, 0.5) is 0 Å². The van der Waals surface area contributed by atoms with Gasteiger partial charge in [-0.15, -0.1) is 0 Å². The number of benzene rings is 1. The Kier molecular flexibility index (Phi) is 6.02. The molecule has 1 aromatic rings. The van der Waals surface area contributed by atoms with Crippen molar-refractivity contribution in [2.45, 2.75) is 32.4 Å². The van der Waals surface area contributed by atoms with Crippen LogP contribution < -0.4 is 10.6 Å². The van der Waals surface area contributed by atoms with Crippen LogP contribution in [-0.4, -0.2) is 26.1 Å². The molecule has 4 heteroatoms. The van der Waals surface area contributed by atoms with Crippen LogP contribution in [0.5, 0.6) is 0 Å². The van der Waals surface area contributed by atoms with Gasteiger partial charge in [0.25, 0.3) is 0 Å². The van der Waals surface area contributed by atoms with Crippen LogP contribution >= 0.6 is 0 Å². The minimum absolute atomic E-state index is 0.144. The molecule has 0 aromatic heterocycles. The maximum Gasteiger partial charge on any atom is 0.220 e. The van der Waals surface area contributed by atoms with E-state index in [9.17, 15) is 4.79 Å². The van der Waals surface area contributed by atoms with Gasteiger partial charge in [0.2, 0.25) is 5.91 Å². The van der Waals surface area contributed by atoms with Crippen molar-refractivity contribution in [3.8, 4) is 0 Å². The lowest BCUT2D eigenvalue weighted by molar-refractivity contribution is -0.122. The number of hydrogen-bond donors (Lipinski definition) is 2. The third-order valence-corrected chi connectivity index (χ3v) is 3.77. The van der Waals surface area contributed by atoms with Gasteiger partial charge in [-0.1, -0.05) is 24.3 Å². The fourth-order valence-electron chi connectivity index (χ4n) is 2.65. The van der Waals surface area contributed by atoms with Gasteiger partial charge in [-0.2, -0.15) is 0 Å². The summed E-state index contributed by atoms with van der Waals surface area (Å²) in [6, 6.07) is 8.06. The highest BCUT2D eigenvalue weighted by Crippen LogP contribution is 2.14.